The summed E-state index contributed by atoms with van der Waals surface area (Å²) in [6, 6.07) is 11.3. The molecule has 63 heavy (non-hydrogen) atoms. The molecular weight excluding hydrogens is 933 g/mol. The van der Waals surface area contributed by atoms with Crippen LogP contribution in [0.3, 0.4) is 0 Å². The number of carbonyl (C=O) groups is 8. The molecule has 346 valence electrons. The molecule has 1 saturated heterocycles. The summed E-state index contributed by atoms with van der Waals surface area (Å²) < 4.78 is 0.503. The number of hydrogen-bond acceptors (Lipinski definition) is 13. The zero-order valence-corrected chi connectivity index (χ0v) is 38.0. The van der Waals surface area contributed by atoms with Crippen molar-refractivity contribution in [3.05, 3.63) is 63.2 Å². The number of aromatic hydroxyl groups is 1. The summed E-state index contributed by atoms with van der Waals surface area (Å²) >= 11 is 1.93. The zero-order chi connectivity index (χ0) is 46.6. The monoisotopic (exact) mass is 993 g/mol. The highest BCUT2D eigenvalue weighted by Crippen LogP contribution is 2.24. The molecule has 0 saturated carbocycles. The Bertz CT molecular complexity index is 1870. The first-order valence-corrected chi connectivity index (χ1v) is 22.1. The van der Waals surface area contributed by atoms with Crippen LogP contribution >= 0.6 is 22.6 Å². The summed E-state index contributed by atoms with van der Waals surface area (Å²) in [5, 5.41) is 52.2. The zero-order valence-electron chi connectivity index (χ0n) is 35.8. The van der Waals surface area contributed by atoms with Crippen LogP contribution in [0.5, 0.6) is 5.75 Å². The van der Waals surface area contributed by atoms with E-state index in [2.05, 4.69) is 5.32 Å². The maximum absolute atomic E-state index is 14.2. The summed E-state index contributed by atoms with van der Waals surface area (Å²) in [6.45, 7) is 3.92. The fourth-order valence-corrected chi connectivity index (χ4v) is 8.15. The Morgan fingerprint density at radius 1 is 0.683 bits per heavy atom. The first-order chi connectivity index (χ1) is 29.8. The number of rotatable bonds is 24. The number of ketones is 3. The number of carboxylic acid groups (broad SMARTS) is 4. The Hall–Kier alpha value is -4.83. The average Bonchev–Trinajstić information content (AvgIpc) is 3.20. The second kappa shape index (κ2) is 26.7. The van der Waals surface area contributed by atoms with Crippen molar-refractivity contribution >= 4 is 69.7 Å². The number of carbonyl (C=O) groups excluding carboxylic acids is 4. The average molecular weight is 994 g/mol. The fraction of sp³-hybridized carbons (Fsp3) is 0.545. The Morgan fingerprint density at radius 3 is 1.73 bits per heavy atom. The Kier molecular flexibility index (Phi) is 22.3. The van der Waals surface area contributed by atoms with Crippen molar-refractivity contribution in [3.63, 3.8) is 0 Å². The van der Waals surface area contributed by atoms with Crippen LogP contribution in [0.1, 0.15) is 57.1 Å². The van der Waals surface area contributed by atoms with E-state index in [0.29, 0.717) is 9.13 Å². The van der Waals surface area contributed by atoms with Gasteiger partial charge in [-0.1, -0.05) is 43.3 Å². The number of phenolic OH excluding ortho intramolecular Hbond substituents is 1. The van der Waals surface area contributed by atoms with Crippen molar-refractivity contribution in [3.8, 4) is 5.75 Å². The van der Waals surface area contributed by atoms with Crippen molar-refractivity contribution in [2.24, 2.45) is 11.8 Å². The number of halogens is 1. The lowest BCUT2D eigenvalue weighted by molar-refractivity contribution is -0.145. The van der Waals surface area contributed by atoms with Gasteiger partial charge in [0.25, 0.3) is 0 Å². The molecule has 18 nitrogen and oxygen atoms in total. The smallest absolute Gasteiger partial charge is 0.320 e. The highest BCUT2D eigenvalue weighted by Gasteiger charge is 2.32. The first kappa shape index (κ1) is 52.5. The molecule has 0 bridgehead atoms. The van der Waals surface area contributed by atoms with Gasteiger partial charge in [-0.3, -0.25) is 58.0 Å². The highest BCUT2D eigenvalue weighted by atomic mass is 127. The van der Waals surface area contributed by atoms with Gasteiger partial charge in [-0.15, -0.1) is 0 Å². The van der Waals surface area contributed by atoms with Crippen LogP contribution in [0.15, 0.2) is 48.5 Å². The Labute approximate surface area is 380 Å². The highest BCUT2D eigenvalue weighted by molar-refractivity contribution is 14.1. The molecule has 1 amide bonds. The summed E-state index contributed by atoms with van der Waals surface area (Å²) in [5.74, 6) is -8.22. The van der Waals surface area contributed by atoms with E-state index < -0.39 is 65.3 Å². The Morgan fingerprint density at radius 2 is 1.24 bits per heavy atom. The van der Waals surface area contributed by atoms with Gasteiger partial charge in [-0.2, -0.15) is 0 Å². The van der Waals surface area contributed by atoms with E-state index in [9.17, 15) is 63.9 Å². The van der Waals surface area contributed by atoms with Crippen molar-refractivity contribution < 1.29 is 63.9 Å². The third kappa shape index (κ3) is 19.2. The predicted molar refractivity (Wildman–Crippen MR) is 238 cm³/mol. The number of aliphatic carboxylic acids is 4. The number of benzene rings is 2. The number of nitrogens with zero attached hydrogens (tertiary/aromatic N) is 4. The molecule has 1 heterocycles. The summed E-state index contributed by atoms with van der Waals surface area (Å²) in [4.78, 5) is 109. The molecule has 6 N–H and O–H groups in total. The van der Waals surface area contributed by atoms with E-state index >= 15 is 0 Å². The summed E-state index contributed by atoms with van der Waals surface area (Å²) in [7, 11) is 0. The number of amides is 1. The van der Waals surface area contributed by atoms with Crippen molar-refractivity contribution in [2.45, 2.75) is 70.9 Å². The minimum atomic E-state index is -1.23. The molecule has 2 aromatic carbocycles. The van der Waals surface area contributed by atoms with E-state index in [1.807, 2.05) is 22.6 Å². The normalized spacial score (nSPS) is 16.9. The van der Waals surface area contributed by atoms with E-state index in [0.717, 1.165) is 5.56 Å². The van der Waals surface area contributed by atoms with Crippen LogP contribution < -0.4 is 5.32 Å². The minimum absolute atomic E-state index is 0.0194. The molecule has 0 aromatic heterocycles. The largest absolute Gasteiger partial charge is 0.507 e. The first-order valence-electron chi connectivity index (χ1n) is 21.0. The summed E-state index contributed by atoms with van der Waals surface area (Å²) in [5.41, 5.74) is 1.33. The van der Waals surface area contributed by atoms with Crippen molar-refractivity contribution in [1.29, 1.82) is 0 Å². The number of hydrogen-bond donors (Lipinski definition) is 6. The van der Waals surface area contributed by atoms with E-state index in [1.54, 1.807) is 69.0 Å². The van der Waals surface area contributed by atoms with E-state index in [-0.39, 0.29) is 128 Å². The van der Waals surface area contributed by atoms with Gasteiger partial charge >= 0.3 is 23.9 Å². The molecule has 0 aliphatic carbocycles. The van der Waals surface area contributed by atoms with Crippen LogP contribution in [0.25, 0.3) is 0 Å². The van der Waals surface area contributed by atoms with Gasteiger partial charge in [0, 0.05) is 77.5 Å². The molecule has 19 heteroatoms. The van der Waals surface area contributed by atoms with Gasteiger partial charge in [-0.05, 0) is 78.5 Å². The lowest BCUT2D eigenvalue weighted by Crippen LogP contribution is -2.51. The second-order valence-corrected chi connectivity index (χ2v) is 17.2. The molecule has 3 rings (SSSR count). The maximum atomic E-state index is 14.2. The Balaban J connectivity index is 1.88. The van der Waals surface area contributed by atoms with Crippen LogP contribution in [0.4, 0.5) is 0 Å². The lowest BCUT2D eigenvalue weighted by atomic mass is 9.89. The molecule has 2 aromatic rings. The second-order valence-electron chi connectivity index (χ2n) is 16.0. The maximum Gasteiger partial charge on any atom is 0.320 e. The van der Waals surface area contributed by atoms with Gasteiger partial charge in [-0.25, -0.2) is 0 Å². The van der Waals surface area contributed by atoms with E-state index in [4.69, 9.17) is 0 Å². The molecule has 1 aliphatic heterocycles. The number of nitrogens with one attached hydrogen (secondary N) is 1. The third-order valence-corrected chi connectivity index (χ3v) is 11.9. The molecule has 3 unspecified atom stereocenters. The van der Waals surface area contributed by atoms with Gasteiger partial charge in [0.2, 0.25) is 5.91 Å². The molecule has 4 atom stereocenters. The van der Waals surface area contributed by atoms with Gasteiger partial charge < -0.3 is 30.8 Å². The SMILES string of the molecule is CCC(CC(=O)[C@@H](Cc1ccccc1)NC(=O)C(CC(=O)CCC(C(=O)O)N1CCN(CC(C)=O)CCN(CC(=O)O)CCN(CC(=O)O)CC1)Cc1ccc(O)c(I)c1)C(=O)O. The van der Waals surface area contributed by atoms with Crippen LogP contribution in [0, 0.1) is 15.4 Å². The standard InChI is InChI=1S/C44H60IN5O13/c1-3-32(43(60)61)25-39(54)36(23-30-7-5-4-6-8-30)46-42(59)33(21-31-9-12-38(53)35(45)22-31)24-34(52)10-11-37(44(62)63)50-19-17-47(26-29(2)51)13-14-48(27-40(55)56)15-16-49(18-20-50)28-41(57)58/h4-9,12,22,32-33,36-37,53H,3,10-11,13-21,23-28H2,1-2H3,(H,46,59)(H,55,56)(H,57,58)(H,60,61)(H,62,63)/t32?,33?,36-,37?/m1/s1. The van der Waals surface area contributed by atoms with Gasteiger partial charge in [0.05, 0.1) is 35.2 Å². The van der Waals surface area contributed by atoms with Crippen molar-refractivity contribution in [2.75, 3.05) is 72.0 Å². The van der Waals surface area contributed by atoms with E-state index in [1.165, 1.54) is 13.0 Å². The van der Waals surface area contributed by atoms with Crippen LogP contribution in [-0.4, -0.2) is 176 Å². The predicted octanol–water partition coefficient (Wildman–Crippen LogP) is 2.13. The lowest BCUT2D eigenvalue weighted by Gasteiger charge is -2.35. The third-order valence-electron chi connectivity index (χ3n) is 11.1. The number of Topliss-reactive ketones (excluding diaryl/α,β-unsaturated/α-hetero) is 3. The number of carboxylic acids is 4. The quantitative estimate of drug-likeness (QED) is 0.0823. The molecular formula is C44H60IN5O13. The van der Waals surface area contributed by atoms with Gasteiger partial charge in [0.1, 0.15) is 23.4 Å². The molecule has 0 radical (unpaired) electrons. The van der Waals surface area contributed by atoms with Gasteiger partial charge in [0.15, 0.2) is 5.78 Å². The van der Waals surface area contributed by atoms with Crippen LogP contribution in [0.2, 0.25) is 0 Å². The minimum Gasteiger partial charge on any atom is -0.507 e. The van der Waals surface area contributed by atoms with Crippen LogP contribution in [-0.2, 0) is 51.2 Å². The molecule has 1 aliphatic rings. The number of phenols is 1. The molecule has 0 spiro atoms. The topological polar surface area (TPSA) is 263 Å². The summed E-state index contributed by atoms with van der Waals surface area (Å²) in [6.07, 6.45) is -0.780. The molecule has 1 fully saturated rings. The fourth-order valence-electron chi connectivity index (χ4n) is 7.57. The van der Waals surface area contributed by atoms with Crippen molar-refractivity contribution in [1.82, 2.24) is 24.9 Å².